The molecule has 0 radical (unpaired) electrons. The first kappa shape index (κ1) is 19.8. The first-order valence-electron chi connectivity index (χ1n) is 8.71. The van der Waals surface area contributed by atoms with Crippen LogP contribution in [0.2, 0.25) is 0 Å². The summed E-state index contributed by atoms with van der Waals surface area (Å²) in [7, 11) is -0.638. The molecule has 7 nitrogen and oxygen atoms in total. The Kier molecular flexibility index (Phi) is 5.62. The van der Waals surface area contributed by atoms with Gasteiger partial charge in [-0.3, -0.25) is 4.79 Å². The third-order valence-electron chi connectivity index (χ3n) is 4.43. The molecule has 0 saturated heterocycles. The molecule has 3 aromatic rings. The smallest absolute Gasteiger partial charge is 0.255 e. The summed E-state index contributed by atoms with van der Waals surface area (Å²) in [5, 5.41) is 7.09. The van der Waals surface area contributed by atoms with Gasteiger partial charge in [-0.05, 0) is 30.7 Å². The molecular formula is C20H22N4O3S. The molecule has 0 fully saturated rings. The predicted molar refractivity (Wildman–Crippen MR) is 107 cm³/mol. The fourth-order valence-electron chi connectivity index (χ4n) is 2.83. The molecule has 0 unspecified atom stereocenters. The molecule has 146 valence electrons. The van der Waals surface area contributed by atoms with Crippen LogP contribution in [-0.4, -0.2) is 42.5 Å². The van der Waals surface area contributed by atoms with Gasteiger partial charge in [-0.25, -0.2) is 17.4 Å². The van der Waals surface area contributed by atoms with Crippen molar-refractivity contribution in [2.24, 2.45) is 0 Å². The minimum atomic E-state index is -3.59. The summed E-state index contributed by atoms with van der Waals surface area (Å²) in [6, 6.07) is 16.2. The van der Waals surface area contributed by atoms with Crippen molar-refractivity contribution in [2.75, 3.05) is 14.1 Å². The second-order valence-corrected chi connectivity index (χ2v) is 8.59. The van der Waals surface area contributed by atoms with E-state index in [4.69, 9.17) is 0 Å². The standard InChI is InChI=1S/C20H22N4O3S/c1-15-18(14-22-24(15)17-10-5-4-6-11-17)20(25)21-13-16-9-7-8-12-19(16)28(26,27)23(2)3/h4-12,14H,13H2,1-3H3,(H,21,25). The number of hydrogen-bond acceptors (Lipinski definition) is 4. The van der Waals surface area contributed by atoms with Crippen molar-refractivity contribution in [3.63, 3.8) is 0 Å². The molecule has 8 heteroatoms. The molecule has 0 atom stereocenters. The summed E-state index contributed by atoms with van der Waals surface area (Å²) in [5.74, 6) is -0.309. The first-order chi connectivity index (χ1) is 13.3. The zero-order valence-corrected chi connectivity index (χ0v) is 16.8. The summed E-state index contributed by atoms with van der Waals surface area (Å²) < 4.78 is 27.8. The van der Waals surface area contributed by atoms with Crippen molar-refractivity contribution in [1.82, 2.24) is 19.4 Å². The number of rotatable bonds is 6. The van der Waals surface area contributed by atoms with Crippen molar-refractivity contribution in [3.05, 3.63) is 77.6 Å². The van der Waals surface area contributed by atoms with Crippen molar-refractivity contribution in [2.45, 2.75) is 18.4 Å². The second kappa shape index (κ2) is 7.95. The summed E-state index contributed by atoms with van der Waals surface area (Å²) >= 11 is 0. The number of carbonyl (C=O) groups is 1. The Morgan fingerprint density at radius 1 is 1.07 bits per heavy atom. The summed E-state index contributed by atoms with van der Waals surface area (Å²) in [5.41, 5.74) is 2.54. The molecule has 3 rings (SSSR count). The van der Waals surface area contributed by atoms with Gasteiger partial charge >= 0.3 is 0 Å². The highest BCUT2D eigenvalue weighted by Crippen LogP contribution is 2.19. The van der Waals surface area contributed by atoms with E-state index in [1.165, 1.54) is 26.4 Å². The van der Waals surface area contributed by atoms with Crippen LogP contribution in [0, 0.1) is 6.92 Å². The molecule has 2 aromatic carbocycles. The highest BCUT2D eigenvalue weighted by atomic mass is 32.2. The van der Waals surface area contributed by atoms with Gasteiger partial charge in [0, 0.05) is 20.6 Å². The lowest BCUT2D eigenvalue weighted by Gasteiger charge is -2.15. The van der Waals surface area contributed by atoms with Gasteiger partial charge < -0.3 is 5.32 Å². The van der Waals surface area contributed by atoms with Gasteiger partial charge in [0.1, 0.15) is 0 Å². The van der Waals surface area contributed by atoms with E-state index in [0.717, 1.165) is 9.99 Å². The molecule has 0 saturated carbocycles. The van der Waals surface area contributed by atoms with Crippen LogP contribution in [0.4, 0.5) is 0 Å². The molecule has 1 N–H and O–H groups in total. The van der Waals surface area contributed by atoms with E-state index in [1.807, 2.05) is 37.3 Å². The molecule has 1 amide bonds. The van der Waals surface area contributed by atoms with Gasteiger partial charge in [0.25, 0.3) is 5.91 Å². The van der Waals surface area contributed by atoms with Crippen LogP contribution < -0.4 is 5.32 Å². The van der Waals surface area contributed by atoms with Crippen LogP contribution in [0.5, 0.6) is 0 Å². The van der Waals surface area contributed by atoms with E-state index in [1.54, 1.807) is 22.9 Å². The minimum Gasteiger partial charge on any atom is -0.348 e. The normalized spacial score (nSPS) is 11.6. The van der Waals surface area contributed by atoms with E-state index in [2.05, 4.69) is 10.4 Å². The average molecular weight is 398 g/mol. The molecule has 0 aliphatic carbocycles. The number of hydrogen-bond donors (Lipinski definition) is 1. The van der Waals surface area contributed by atoms with Crippen molar-refractivity contribution < 1.29 is 13.2 Å². The molecule has 0 bridgehead atoms. The van der Waals surface area contributed by atoms with Crippen LogP contribution in [0.1, 0.15) is 21.6 Å². The van der Waals surface area contributed by atoms with Gasteiger partial charge in [0.2, 0.25) is 10.0 Å². The van der Waals surface area contributed by atoms with Crippen LogP contribution in [0.15, 0.2) is 65.7 Å². The molecule has 28 heavy (non-hydrogen) atoms. The van der Waals surface area contributed by atoms with Gasteiger partial charge in [-0.15, -0.1) is 0 Å². The van der Waals surface area contributed by atoms with Crippen LogP contribution in [0.25, 0.3) is 5.69 Å². The lowest BCUT2D eigenvalue weighted by Crippen LogP contribution is -2.27. The largest absolute Gasteiger partial charge is 0.348 e. The highest BCUT2D eigenvalue weighted by molar-refractivity contribution is 7.89. The lowest BCUT2D eigenvalue weighted by atomic mass is 10.2. The molecule has 1 aromatic heterocycles. The quantitative estimate of drug-likeness (QED) is 0.691. The van der Waals surface area contributed by atoms with Gasteiger partial charge in [0.15, 0.2) is 0 Å². The SMILES string of the molecule is Cc1c(C(=O)NCc2ccccc2S(=O)(=O)N(C)C)cnn1-c1ccccc1. The number of carbonyl (C=O) groups excluding carboxylic acids is 1. The maximum Gasteiger partial charge on any atom is 0.255 e. The molecule has 1 heterocycles. The number of nitrogens with zero attached hydrogens (tertiary/aromatic N) is 3. The van der Waals surface area contributed by atoms with Crippen molar-refractivity contribution in [1.29, 1.82) is 0 Å². The van der Waals surface area contributed by atoms with Crippen molar-refractivity contribution >= 4 is 15.9 Å². The third-order valence-corrected chi connectivity index (χ3v) is 6.34. The third kappa shape index (κ3) is 3.83. The Bertz CT molecular complexity index is 1090. The summed E-state index contributed by atoms with van der Waals surface area (Å²) in [6.45, 7) is 1.91. The maximum absolute atomic E-state index is 12.7. The predicted octanol–water partition coefficient (Wildman–Crippen LogP) is 2.36. The Labute approximate surface area is 164 Å². The minimum absolute atomic E-state index is 0.0953. The second-order valence-electron chi connectivity index (χ2n) is 6.47. The maximum atomic E-state index is 12.7. The number of benzene rings is 2. The monoisotopic (exact) mass is 398 g/mol. The fourth-order valence-corrected chi connectivity index (χ4v) is 3.95. The van der Waals surface area contributed by atoms with Crippen molar-refractivity contribution in [3.8, 4) is 5.69 Å². The molecular weight excluding hydrogens is 376 g/mol. The Hall–Kier alpha value is -2.97. The van der Waals surface area contributed by atoms with Gasteiger partial charge in [-0.2, -0.15) is 5.10 Å². The highest BCUT2D eigenvalue weighted by Gasteiger charge is 2.21. The topological polar surface area (TPSA) is 84.3 Å². The van der Waals surface area contributed by atoms with Gasteiger partial charge in [0.05, 0.1) is 28.0 Å². The lowest BCUT2D eigenvalue weighted by molar-refractivity contribution is 0.0950. The number of sulfonamides is 1. The fraction of sp³-hybridized carbons (Fsp3) is 0.200. The van der Waals surface area contributed by atoms with E-state index in [0.29, 0.717) is 16.8 Å². The molecule has 0 aliphatic heterocycles. The summed E-state index contributed by atoms with van der Waals surface area (Å²) in [6.07, 6.45) is 1.51. The first-order valence-corrected chi connectivity index (χ1v) is 10.1. The number of nitrogens with one attached hydrogen (secondary N) is 1. The molecule has 0 spiro atoms. The van der Waals surface area contributed by atoms with E-state index in [-0.39, 0.29) is 17.3 Å². The molecule has 0 aliphatic rings. The van der Waals surface area contributed by atoms with E-state index < -0.39 is 10.0 Å². The zero-order chi connectivity index (χ0) is 20.3. The number of amides is 1. The van der Waals surface area contributed by atoms with E-state index in [9.17, 15) is 13.2 Å². The Morgan fingerprint density at radius 2 is 1.71 bits per heavy atom. The number of para-hydroxylation sites is 1. The Morgan fingerprint density at radius 3 is 2.39 bits per heavy atom. The summed E-state index contributed by atoms with van der Waals surface area (Å²) in [4.78, 5) is 12.8. The van der Waals surface area contributed by atoms with E-state index >= 15 is 0 Å². The van der Waals surface area contributed by atoms with Gasteiger partial charge in [-0.1, -0.05) is 36.4 Å². The number of aromatic nitrogens is 2. The van der Waals surface area contributed by atoms with Crippen LogP contribution in [-0.2, 0) is 16.6 Å². The zero-order valence-electron chi connectivity index (χ0n) is 16.0. The van der Waals surface area contributed by atoms with Crippen LogP contribution in [0.3, 0.4) is 0 Å². The Balaban J connectivity index is 1.81. The average Bonchev–Trinajstić information content (AvgIpc) is 3.08. The van der Waals surface area contributed by atoms with Crippen LogP contribution >= 0.6 is 0 Å².